The highest BCUT2D eigenvalue weighted by Gasteiger charge is 2.27. The number of carbonyl (C=O) groups excluding carboxylic acids is 1. The summed E-state index contributed by atoms with van der Waals surface area (Å²) in [5.74, 6) is -0.276. The Morgan fingerprint density at radius 3 is 2.62 bits per heavy atom. The van der Waals surface area contributed by atoms with Crippen LogP contribution in [0.25, 0.3) is 10.9 Å². The molecule has 1 aliphatic rings. The summed E-state index contributed by atoms with van der Waals surface area (Å²) in [7, 11) is -3.54. The zero-order valence-electron chi connectivity index (χ0n) is 15.7. The minimum Gasteiger partial charge on any atom is -0.350 e. The van der Waals surface area contributed by atoms with Crippen molar-refractivity contribution < 1.29 is 13.2 Å². The van der Waals surface area contributed by atoms with Crippen LogP contribution in [-0.2, 0) is 27.9 Å². The van der Waals surface area contributed by atoms with Gasteiger partial charge in [0, 0.05) is 24.0 Å². The average molecular weight is 432 g/mol. The van der Waals surface area contributed by atoms with E-state index in [0.717, 1.165) is 17.7 Å². The van der Waals surface area contributed by atoms with Gasteiger partial charge in [-0.2, -0.15) is 4.31 Å². The molecule has 3 aromatic rings. The largest absolute Gasteiger partial charge is 0.350 e. The summed E-state index contributed by atoms with van der Waals surface area (Å²) in [6, 6.07) is 11.5. The second kappa shape index (κ2) is 8.10. The van der Waals surface area contributed by atoms with Crippen molar-refractivity contribution >= 4 is 38.2 Å². The maximum atomic E-state index is 12.8. The van der Waals surface area contributed by atoms with Gasteiger partial charge in [0.2, 0.25) is 15.9 Å². The summed E-state index contributed by atoms with van der Waals surface area (Å²) in [6.07, 6.45) is 1.74. The zero-order valence-corrected chi connectivity index (χ0v) is 17.3. The molecule has 2 aromatic heterocycles. The Morgan fingerprint density at radius 2 is 1.90 bits per heavy atom. The van der Waals surface area contributed by atoms with Crippen LogP contribution in [0.5, 0.6) is 0 Å². The molecule has 1 fully saturated rings. The van der Waals surface area contributed by atoms with Gasteiger partial charge in [-0.15, -0.1) is 11.3 Å². The van der Waals surface area contributed by atoms with Gasteiger partial charge in [0.05, 0.1) is 17.0 Å². The van der Waals surface area contributed by atoms with E-state index in [4.69, 9.17) is 0 Å². The Kier molecular flexibility index (Phi) is 5.53. The lowest BCUT2D eigenvalue weighted by molar-refractivity contribution is -0.121. The Balaban J connectivity index is 1.60. The molecule has 0 atom stereocenters. The highest BCUT2D eigenvalue weighted by atomic mass is 32.2. The number of nitrogens with zero attached hydrogens (tertiary/aromatic N) is 2. The van der Waals surface area contributed by atoms with Crippen LogP contribution in [0, 0.1) is 0 Å². The van der Waals surface area contributed by atoms with Crippen LogP contribution in [0.1, 0.15) is 17.7 Å². The van der Waals surface area contributed by atoms with Crippen LogP contribution >= 0.6 is 11.3 Å². The normalized spacial score (nSPS) is 15.0. The van der Waals surface area contributed by atoms with Crippen molar-refractivity contribution in [1.82, 2.24) is 14.2 Å². The Morgan fingerprint density at radius 1 is 1.10 bits per heavy atom. The number of rotatable bonds is 6. The average Bonchev–Trinajstić information content (AvgIpc) is 3.42. The van der Waals surface area contributed by atoms with Gasteiger partial charge >= 0.3 is 0 Å². The molecule has 0 aliphatic carbocycles. The standard InChI is InChI=1S/C20H21N3O4S2/c24-19(21-13-16-4-3-11-28-16)14-23-18-7-6-17(12-15(18)5-8-20(23)25)29(26,27)22-9-1-2-10-22/h3-8,11-12H,1-2,9-10,13-14H2,(H,21,24). The molecule has 1 aromatic carbocycles. The van der Waals surface area contributed by atoms with Gasteiger partial charge in [-0.3, -0.25) is 14.2 Å². The number of sulfonamides is 1. The van der Waals surface area contributed by atoms with Crippen LogP contribution in [0.15, 0.2) is 57.5 Å². The molecule has 0 spiro atoms. The number of carbonyl (C=O) groups is 1. The minimum absolute atomic E-state index is 0.125. The van der Waals surface area contributed by atoms with E-state index in [9.17, 15) is 18.0 Å². The first-order valence-corrected chi connectivity index (χ1v) is 11.7. The number of hydrogen-bond donors (Lipinski definition) is 1. The molecular weight excluding hydrogens is 410 g/mol. The smallest absolute Gasteiger partial charge is 0.251 e. The third-order valence-corrected chi connectivity index (χ3v) is 7.78. The summed E-state index contributed by atoms with van der Waals surface area (Å²) in [5, 5.41) is 5.35. The van der Waals surface area contributed by atoms with E-state index in [0.29, 0.717) is 30.5 Å². The second-order valence-electron chi connectivity index (χ2n) is 6.95. The monoisotopic (exact) mass is 431 g/mol. The molecule has 1 N–H and O–H groups in total. The number of aromatic nitrogens is 1. The fraction of sp³-hybridized carbons (Fsp3) is 0.300. The fourth-order valence-electron chi connectivity index (χ4n) is 3.48. The molecule has 0 unspecified atom stereocenters. The number of benzene rings is 1. The van der Waals surface area contributed by atoms with E-state index in [1.54, 1.807) is 29.5 Å². The molecule has 1 amide bonds. The van der Waals surface area contributed by atoms with Crippen LogP contribution in [0.4, 0.5) is 0 Å². The maximum absolute atomic E-state index is 12.8. The van der Waals surface area contributed by atoms with Crippen LogP contribution in [0.2, 0.25) is 0 Å². The molecule has 9 heteroatoms. The number of amides is 1. The zero-order chi connectivity index (χ0) is 20.4. The topological polar surface area (TPSA) is 88.5 Å². The van der Waals surface area contributed by atoms with Crippen molar-refractivity contribution in [3.63, 3.8) is 0 Å². The number of pyridine rings is 1. The first-order chi connectivity index (χ1) is 13.9. The maximum Gasteiger partial charge on any atom is 0.251 e. The van der Waals surface area contributed by atoms with E-state index in [1.807, 2.05) is 17.5 Å². The molecule has 0 saturated carbocycles. The van der Waals surface area contributed by atoms with Gasteiger partial charge in [0.25, 0.3) is 5.56 Å². The van der Waals surface area contributed by atoms with E-state index in [2.05, 4.69) is 5.32 Å². The van der Waals surface area contributed by atoms with Gasteiger partial charge in [0.1, 0.15) is 6.54 Å². The SMILES string of the molecule is O=C(Cn1c(=O)ccc2cc(S(=O)(=O)N3CCCC3)ccc21)NCc1cccs1. The Bertz CT molecular complexity index is 1190. The number of nitrogens with one attached hydrogen (secondary N) is 1. The van der Waals surface area contributed by atoms with Gasteiger partial charge in [-0.1, -0.05) is 6.07 Å². The Labute approximate surface area is 172 Å². The quantitative estimate of drug-likeness (QED) is 0.648. The van der Waals surface area contributed by atoms with E-state index >= 15 is 0 Å². The lowest BCUT2D eigenvalue weighted by Crippen LogP contribution is -2.32. The molecule has 3 heterocycles. The number of hydrogen-bond acceptors (Lipinski definition) is 5. The molecule has 1 saturated heterocycles. The van der Waals surface area contributed by atoms with Crippen molar-refractivity contribution in [1.29, 1.82) is 0 Å². The molecule has 0 bridgehead atoms. The second-order valence-corrected chi connectivity index (χ2v) is 9.92. The van der Waals surface area contributed by atoms with Gasteiger partial charge < -0.3 is 5.32 Å². The first-order valence-electron chi connectivity index (χ1n) is 9.38. The number of fused-ring (bicyclic) bond motifs is 1. The highest BCUT2D eigenvalue weighted by molar-refractivity contribution is 7.89. The van der Waals surface area contributed by atoms with Crippen molar-refractivity contribution in [2.24, 2.45) is 0 Å². The van der Waals surface area contributed by atoms with Crippen molar-refractivity contribution in [2.75, 3.05) is 13.1 Å². The summed E-state index contributed by atoms with van der Waals surface area (Å²) >= 11 is 1.55. The summed E-state index contributed by atoms with van der Waals surface area (Å²) < 4.78 is 28.5. The van der Waals surface area contributed by atoms with E-state index < -0.39 is 10.0 Å². The van der Waals surface area contributed by atoms with Gasteiger partial charge in [-0.05, 0) is 53.9 Å². The summed E-state index contributed by atoms with van der Waals surface area (Å²) in [6.45, 7) is 1.35. The number of thiophene rings is 1. The molecular formula is C20H21N3O4S2. The molecule has 7 nitrogen and oxygen atoms in total. The van der Waals surface area contributed by atoms with Crippen molar-refractivity contribution in [2.45, 2.75) is 30.8 Å². The molecule has 29 heavy (non-hydrogen) atoms. The predicted octanol–water partition coefficient (Wildman–Crippen LogP) is 2.16. The third kappa shape index (κ3) is 4.12. The minimum atomic E-state index is -3.54. The van der Waals surface area contributed by atoms with Crippen molar-refractivity contribution in [3.05, 3.63) is 63.1 Å². The lowest BCUT2D eigenvalue weighted by Gasteiger charge is -2.16. The molecule has 152 valence electrons. The lowest BCUT2D eigenvalue weighted by atomic mass is 10.2. The molecule has 1 aliphatic heterocycles. The fourth-order valence-corrected chi connectivity index (χ4v) is 5.68. The first kappa shape index (κ1) is 19.8. The van der Waals surface area contributed by atoms with E-state index in [-0.39, 0.29) is 22.9 Å². The third-order valence-electron chi connectivity index (χ3n) is 5.01. The molecule has 0 radical (unpaired) electrons. The van der Waals surface area contributed by atoms with Crippen molar-refractivity contribution in [3.8, 4) is 0 Å². The molecule has 4 rings (SSSR count). The van der Waals surface area contributed by atoms with Gasteiger partial charge in [0.15, 0.2) is 0 Å². The predicted molar refractivity (Wildman–Crippen MR) is 112 cm³/mol. The van der Waals surface area contributed by atoms with E-state index in [1.165, 1.54) is 21.0 Å². The summed E-state index contributed by atoms with van der Waals surface area (Å²) in [5.41, 5.74) is 0.225. The van der Waals surface area contributed by atoms with Crippen LogP contribution in [-0.4, -0.2) is 36.3 Å². The highest BCUT2D eigenvalue weighted by Crippen LogP contribution is 2.24. The summed E-state index contributed by atoms with van der Waals surface area (Å²) in [4.78, 5) is 25.9. The Hall–Kier alpha value is -2.49. The van der Waals surface area contributed by atoms with Gasteiger partial charge in [-0.25, -0.2) is 8.42 Å². The van der Waals surface area contributed by atoms with Crippen LogP contribution in [0.3, 0.4) is 0 Å². The van der Waals surface area contributed by atoms with Crippen LogP contribution < -0.4 is 10.9 Å².